The number of benzene rings is 1. The molecular formula is C21H22ClN5OS. The third-order valence-electron chi connectivity index (χ3n) is 5.11. The second-order valence-electron chi connectivity index (χ2n) is 7.17. The normalized spacial score (nSPS) is 15.4. The molecule has 29 heavy (non-hydrogen) atoms. The topological polar surface area (TPSA) is 111 Å². The average Bonchev–Trinajstić information content (AvgIpc) is 3.04. The second kappa shape index (κ2) is 8.02. The van der Waals surface area contributed by atoms with Gasteiger partial charge in [-0.1, -0.05) is 35.9 Å². The summed E-state index contributed by atoms with van der Waals surface area (Å²) in [5.41, 5.74) is 20.1. The molecule has 0 spiro atoms. The van der Waals surface area contributed by atoms with E-state index in [2.05, 4.69) is 4.90 Å². The third-order valence-corrected chi connectivity index (χ3v) is 6.46. The number of primary amides is 1. The Morgan fingerprint density at radius 2 is 2.00 bits per heavy atom. The van der Waals surface area contributed by atoms with E-state index in [0.717, 1.165) is 48.3 Å². The number of pyridine rings is 1. The molecule has 150 valence electrons. The molecule has 1 fully saturated rings. The molecule has 1 amide bonds. The summed E-state index contributed by atoms with van der Waals surface area (Å²) in [5, 5.41) is 1.42. The summed E-state index contributed by atoms with van der Waals surface area (Å²) in [6.45, 7) is 1.70. The van der Waals surface area contributed by atoms with Crippen LogP contribution in [0.5, 0.6) is 0 Å². The number of aromatic nitrogens is 1. The van der Waals surface area contributed by atoms with Gasteiger partial charge in [-0.15, -0.1) is 11.3 Å². The van der Waals surface area contributed by atoms with Crippen LogP contribution < -0.4 is 22.1 Å². The van der Waals surface area contributed by atoms with Crippen molar-refractivity contribution in [2.45, 2.75) is 18.9 Å². The molecule has 1 saturated heterocycles. The Kier molecular flexibility index (Phi) is 5.45. The van der Waals surface area contributed by atoms with Gasteiger partial charge in [0.2, 0.25) is 0 Å². The number of nitrogens with zero attached hydrogens (tertiary/aromatic N) is 2. The van der Waals surface area contributed by atoms with Crippen molar-refractivity contribution in [3.05, 3.63) is 51.4 Å². The lowest BCUT2D eigenvalue weighted by Gasteiger charge is -2.31. The lowest BCUT2D eigenvalue weighted by molar-refractivity contribution is 0.100. The predicted molar refractivity (Wildman–Crippen MR) is 122 cm³/mol. The van der Waals surface area contributed by atoms with Crippen LogP contribution in [0, 0.1) is 0 Å². The fourth-order valence-electron chi connectivity index (χ4n) is 3.54. The molecule has 0 radical (unpaired) electrons. The fourth-order valence-corrected chi connectivity index (χ4v) is 4.71. The van der Waals surface area contributed by atoms with E-state index in [1.807, 2.05) is 42.5 Å². The van der Waals surface area contributed by atoms with Gasteiger partial charge in [-0.05, 0) is 42.2 Å². The van der Waals surface area contributed by atoms with Gasteiger partial charge in [-0.3, -0.25) is 4.79 Å². The molecule has 6 N–H and O–H groups in total. The van der Waals surface area contributed by atoms with Crippen LogP contribution in [-0.2, 0) is 0 Å². The lowest BCUT2D eigenvalue weighted by Crippen LogP contribution is -2.40. The Balaban J connectivity index is 1.82. The Labute approximate surface area is 177 Å². The van der Waals surface area contributed by atoms with Crippen LogP contribution in [0.3, 0.4) is 0 Å². The van der Waals surface area contributed by atoms with Crippen molar-refractivity contribution in [2.75, 3.05) is 23.7 Å². The number of thiophene rings is 1. The van der Waals surface area contributed by atoms with E-state index in [1.165, 1.54) is 11.3 Å². The van der Waals surface area contributed by atoms with Crippen molar-refractivity contribution >= 4 is 62.7 Å². The number of amides is 1. The van der Waals surface area contributed by atoms with Gasteiger partial charge < -0.3 is 22.1 Å². The summed E-state index contributed by atoms with van der Waals surface area (Å²) in [5.74, 6) is 0.313. The van der Waals surface area contributed by atoms with Crippen molar-refractivity contribution in [1.29, 1.82) is 0 Å². The van der Waals surface area contributed by atoms with Crippen molar-refractivity contribution < 1.29 is 4.79 Å². The van der Waals surface area contributed by atoms with E-state index in [-0.39, 0.29) is 6.04 Å². The number of piperidine rings is 1. The number of halogens is 1. The first-order chi connectivity index (χ1) is 13.9. The Hall–Kier alpha value is -2.61. The van der Waals surface area contributed by atoms with Gasteiger partial charge in [0.1, 0.15) is 15.5 Å². The van der Waals surface area contributed by atoms with E-state index in [1.54, 1.807) is 0 Å². The maximum absolute atomic E-state index is 11.8. The number of carbonyl (C=O) groups is 1. The van der Waals surface area contributed by atoms with Crippen LogP contribution >= 0.6 is 22.9 Å². The highest BCUT2D eigenvalue weighted by molar-refractivity contribution is 7.21. The summed E-state index contributed by atoms with van der Waals surface area (Å²) < 4.78 is 0. The van der Waals surface area contributed by atoms with E-state index in [4.69, 9.17) is 33.8 Å². The fraction of sp³-hybridized carbons (Fsp3) is 0.238. The molecule has 1 aliphatic heterocycles. The smallest absolute Gasteiger partial charge is 0.260 e. The first-order valence-corrected chi connectivity index (χ1v) is 10.6. The zero-order valence-corrected chi connectivity index (χ0v) is 17.3. The molecule has 0 unspecified atom stereocenters. The number of hydrogen-bond donors (Lipinski definition) is 3. The SMILES string of the molecule is NC(=O)c1sc2nc(N3CCC(N)CC3)cc(/C=C/c3cccc(Cl)c3)c2c1N. The number of rotatable bonds is 4. The van der Waals surface area contributed by atoms with Crippen molar-refractivity contribution in [3.63, 3.8) is 0 Å². The summed E-state index contributed by atoms with van der Waals surface area (Å²) >= 11 is 7.33. The third kappa shape index (κ3) is 4.07. The maximum atomic E-state index is 11.8. The molecule has 1 aliphatic rings. The molecular weight excluding hydrogens is 406 g/mol. The predicted octanol–water partition coefficient (Wildman–Crippen LogP) is 3.73. The van der Waals surface area contributed by atoms with Crippen LogP contribution in [0.1, 0.15) is 33.6 Å². The molecule has 0 bridgehead atoms. The molecule has 0 atom stereocenters. The Morgan fingerprint density at radius 3 is 2.69 bits per heavy atom. The molecule has 2 aromatic heterocycles. The van der Waals surface area contributed by atoms with E-state index < -0.39 is 5.91 Å². The van der Waals surface area contributed by atoms with Gasteiger partial charge in [0.25, 0.3) is 5.91 Å². The highest BCUT2D eigenvalue weighted by Gasteiger charge is 2.22. The van der Waals surface area contributed by atoms with Gasteiger partial charge in [0.05, 0.1) is 5.69 Å². The molecule has 3 aromatic rings. The van der Waals surface area contributed by atoms with Crippen LogP contribution in [-0.4, -0.2) is 30.0 Å². The zero-order valence-electron chi connectivity index (χ0n) is 15.8. The Morgan fingerprint density at radius 1 is 1.24 bits per heavy atom. The van der Waals surface area contributed by atoms with Gasteiger partial charge in [0.15, 0.2) is 0 Å². The van der Waals surface area contributed by atoms with Gasteiger partial charge in [-0.2, -0.15) is 0 Å². The molecule has 4 rings (SSSR count). The average molecular weight is 428 g/mol. The zero-order chi connectivity index (χ0) is 20.5. The molecule has 8 heteroatoms. The van der Waals surface area contributed by atoms with Crippen LogP contribution in [0.25, 0.3) is 22.4 Å². The van der Waals surface area contributed by atoms with Crippen molar-refractivity contribution in [3.8, 4) is 0 Å². The molecule has 3 heterocycles. The van der Waals surface area contributed by atoms with Gasteiger partial charge in [0, 0.05) is 29.5 Å². The van der Waals surface area contributed by atoms with E-state index in [0.29, 0.717) is 20.4 Å². The van der Waals surface area contributed by atoms with Crippen LogP contribution in [0.2, 0.25) is 5.02 Å². The number of nitrogen functional groups attached to an aromatic ring is 1. The monoisotopic (exact) mass is 427 g/mol. The summed E-state index contributed by atoms with van der Waals surface area (Å²) in [4.78, 5) is 19.8. The first kappa shape index (κ1) is 19.7. The number of hydrogen-bond acceptors (Lipinski definition) is 6. The lowest BCUT2D eigenvalue weighted by atomic mass is 10.0. The van der Waals surface area contributed by atoms with Gasteiger partial charge >= 0.3 is 0 Å². The molecule has 1 aromatic carbocycles. The quantitative estimate of drug-likeness (QED) is 0.587. The minimum Gasteiger partial charge on any atom is -0.397 e. The number of anilines is 2. The summed E-state index contributed by atoms with van der Waals surface area (Å²) in [6, 6.07) is 9.83. The minimum atomic E-state index is -0.541. The van der Waals surface area contributed by atoms with Crippen LogP contribution in [0.4, 0.5) is 11.5 Å². The Bertz CT molecular complexity index is 1100. The van der Waals surface area contributed by atoms with Crippen molar-refractivity contribution in [2.24, 2.45) is 11.5 Å². The minimum absolute atomic E-state index is 0.232. The largest absolute Gasteiger partial charge is 0.397 e. The highest BCUT2D eigenvalue weighted by Crippen LogP contribution is 2.37. The first-order valence-electron chi connectivity index (χ1n) is 9.39. The van der Waals surface area contributed by atoms with Crippen molar-refractivity contribution in [1.82, 2.24) is 4.98 Å². The number of fused-ring (bicyclic) bond motifs is 1. The maximum Gasteiger partial charge on any atom is 0.260 e. The van der Waals surface area contributed by atoms with Gasteiger partial charge in [-0.25, -0.2) is 4.98 Å². The summed E-state index contributed by atoms with van der Waals surface area (Å²) in [7, 11) is 0. The highest BCUT2D eigenvalue weighted by atomic mass is 35.5. The molecule has 0 saturated carbocycles. The van der Waals surface area contributed by atoms with E-state index in [9.17, 15) is 4.79 Å². The standard InChI is InChI=1S/C21H22ClN5OS/c22-14-3-1-2-12(10-14)4-5-13-11-16(27-8-6-15(23)7-9-27)26-21-17(13)18(24)19(29-21)20(25)28/h1-5,10-11,15H,6-9,23-24H2,(H2,25,28)/b5-4+. The number of carbonyl (C=O) groups excluding carboxylic acids is 1. The number of nitrogens with two attached hydrogens (primary N) is 3. The molecule has 0 aliphatic carbocycles. The second-order valence-corrected chi connectivity index (χ2v) is 8.61. The summed E-state index contributed by atoms with van der Waals surface area (Å²) in [6.07, 6.45) is 5.79. The van der Waals surface area contributed by atoms with Crippen LogP contribution in [0.15, 0.2) is 30.3 Å². The van der Waals surface area contributed by atoms with E-state index >= 15 is 0 Å². The molecule has 6 nitrogen and oxygen atoms in total.